The molecular weight excluding hydrogens is 231 g/mol. The largest absolute Gasteiger partial charge is 0.339 e. The Morgan fingerprint density at radius 3 is 1.47 bits per heavy atom. The molecule has 0 fully saturated rings. The Hall–Kier alpha value is 0.540. The molecule has 0 rings (SSSR count). The first-order valence-corrected chi connectivity index (χ1v) is 6.66. The van der Waals surface area contributed by atoms with Gasteiger partial charge in [-0.1, -0.05) is 49.9 Å². The lowest BCUT2D eigenvalue weighted by molar-refractivity contribution is -0.0567. The molecule has 0 aromatic carbocycles. The summed E-state index contributed by atoms with van der Waals surface area (Å²) in [4.78, 5) is 0. The van der Waals surface area contributed by atoms with E-state index in [-0.39, 0.29) is 0 Å². The summed E-state index contributed by atoms with van der Waals surface area (Å²) in [6.07, 6.45) is 6.08. The summed E-state index contributed by atoms with van der Waals surface area (Å²) in [6.45, 7) is 8.08. The number of alkyl halides is 2. The maximum absolute atomic E-state index is 6.27. The summed E-state index contributed by atoms with van der Waals surface area (Å²) in [7, 11) is 0. The molecule has 0 amide bonds. The number of hydrogen-bond donors (Lipinski definition) is 0. The van der Waals surface area contributed by atoms with Gasteiger partial charge in [0.05, 0.1) is 0 Å². The molecule has 0 bridgehead atoms. The molecule has 0 aromatic rings. The first-order valence-electron chi connectivity index (χ1n) is 5.91. The monoisotopic (exact) mass is 254 g/mol. The molecule has 15 heavy (non-hydrogen) atoms. The lowest BCUT2D eigenvalue weighted by atomic mass is 10.1. The van der Waals surface area contributed by atoms with Gasteiger partial charge in [0, 0.05) is 0 Å². The van der Waals surface area contributed by atoms with Crippen molar-refractivity contribution in [3.8, 4) is 0 Å². The van der Waals surface area contributed by atoms with Crippen LogP contribution in [-0.2, 0) is 4.74 Å². The topological polar surface area (TPSA) is 9.23 Å². The van der Waals surface area contributed by atoms with Crippen molar-refractivity contribution < 1.29 is 4.74 Å². The average molecular weight is 255 g/mol. The van der Waals surface area contributed by atoms with Crippen molar-refractivity contribution in [1.82, 2.24) is 0 Å². The summed E-state index contributed by atoms with van der Waals surface area (Å²) in [5, 5.41) is -1.25. The Labute approximate surface area is 104 Å². The van der Waals surface area contributed by atoms with Gasteiger partial charge in [0.15, 0.2) is 0 Å². The van der Waals surface area contributed by atoms with Gasteiger partial charge in [-0.3, -0.25) is 0 Å². The number of hydrogen-bond acceptors (Lipinski definition) is 1. The van der Waals surface area contributed by atoms with E-state index in [0.717, 1.165) is 38.5 Å². The van der Waals surface area contributed by atoms with Gasteiger partial charge in [0.2, 0.25) is 0 Å². The van der Waals surface area contributed by atoms with Gasteiger partial charge in [-0.15, -0.1) is 0 Å². The van der Waals surface area contributed by atoms with Crippen molar-refractivity contribution in [2.75, 3.05) is 0 Å². The van der Waals surface area contributed by atoms with Crippen LogP contribution in [0.1, 0.15) is 66.2 Å². The molecule has 0 aromatic heterocycles. The minimum absolute atomic E-state index is 0.625. The van der Waals surface area contributed by atoms with Crippen molar-refractivity contribution in [1.29, 1.82) is 0 Å². The van der Waals surface area contributed by atoms with E-state index in [0.29, 0.717) is 0 Å². The zero-order chi connectivity index (χ0) is 11.9. The smallest absolute Gasteiger partial charge is 0.141 e. The molecule has 0 aliphatic carbocycles. The van der Waals surface area contributed by atoms with E-state index in [1.54, 1.807) is 0 Å². The minimum atomic E-state index is -0.625. The third kappa shape index (κ3) is 8.36. The molecule has 0 aliphatic heterocycles. The van der Waals surface area contributed by atoms with Crippen LogP contribution in [0.4, 0.5) is 0 Å². The van der Waals surface area contributed by atoms with E-state index >= 15 is 0 Å². The van der Waals surface area contributed by atoms with Gasteiger partial charge < -0.3 is 4.74 Å². The molecule has 0 spiro atoms. The predicted molar refractivity (Wildman–Crippen MR) is 68.7 cm³/mol. The van der Waals surface area contributed by atoms with Crippen LogP contribution >= 0.6 is 23.2 Å². The van der Waals surface area contributed by atoms with Crippen molar-refractivity contribution >= 4 is 23.2 Å². The maximum atomic E-state index is 6.27. The van der Waals surface area contributed by atoms with Gasteiger partial charge in [0.1, 0.15) is 10.1 Å². The Morgan fingerprint density at radius 1 is 0.867 bits per heavy atom. The standard InChI is InChI=1S/C12H24Cl2O/c1-5-7-9-11(3,13)15-12(4,14)10-8-6-2/h5-10H2,1-4H3. The van der Waals surface area contributed by atoms with E-state index in [1.165, 1.54) is 0 Å². The molecule has 3 heteroatoms. The van der Waals surface area contributed by atoms with E-state index < -0.39 is 10.1 Å². The highest BCUT2D eigenvalue weighted by Crippen LogP contribution is 2.34. The minimum Gasteiger partial charge on any atom is -0.339 e. The van der Waals surface area contributed by atoms with Crippen LogP contribution < -0.4 is 0 Å². The molecule has 2 unspecified atom stereocenters. The van der Waals surface area contributed by atoms with Crippen LogP contribution in [0, 0.1) is 0 Å². The highest BCUT2D eigenvalue weighted by atomic mass is 35.5. The van der Waals surface area contributed by atoms with Gasteiger partial charge in [-0.2, -0.15) is 0 Å². The molecule has 0 aliphatic rings. The fraction of sp³-hybridized carbons (Fsp3) is 1.00. The van der Waals surface area contributed by atoms with Crippen molar-refractivity contribution in [2.45, 2.75) is 76.3 Å². The lowest BCUT2D eigenvalue weighted by Gasteiger charge is -2.32. The first kappa shape index (κ1) is 15.5. The summed E-state index contributed by atoms with van der Waals surface area (Å²) < 4.78 is 5.76. The van der Waals surface area contributed by atoms with Gasteiger partial charge >= 0.3 is 0 Å². The number of ether oxygens (including phenoxy) is 1. The molecule has 0 saturated heterocycles. The number of halogens is 2. The molecule has 0 radical (unpaired) electrons. The van der Waals surface area contributed by atoms with Crippen molar-refractivity contribution in [3.05, 3.63) is 0 Å². The molecule has 0 N–H and O–H groups in total. The Bertz CT molecular complexity index is 149. The summed E-state index contributed by atoms with van der Waals surface area (Å²) in [6, 6.07) is 0. The van der Waals surface area contributed by atoms with E-state index in [2.05, 4.69) is 13.8 Å². The Balaban J connectivity index is 4.04. The molecule has 0 heterocycles. The highest BCUT2D eigenvalue weighted by molar-refractivity contribution is 6.25. The van der Waals surface area contributed by atoms with Crippen LogP contribution in [-0.4, -0.2) is 10.1 Å². The highest BCUT2D eigenvalue weighted by Gasteiger charge is 2.31. The Kier molecular flexibility index (Phi) is 7.23. The molecule has 1 nitrogen and oxygen atoms in total. The number of rotatable bonds is 8. The van der Waals surface area contributed by atoms with Crippen LogP contribution in [0.15, 0.2) is 0 Å². The molecule has 2 atom stereocenters. The second kappa shape index (κ2) is 6.98. The second-order valence-corrected chi connectivity index (χ2v) is 6.11. The predicted octanol–water partition coefficient (Wildman–Crippen LogP) is 5.29. The van der Waals surface area contributed by atoms with Crippen molar-refractivity contribution in [3.63, 3.8) is 0 Å². The van der Waals surface area contributed by atoms with E-state index in [1.807, 2.05) is 13.8 Å². The van der Waals surface area contributed by atoms with Crippen LogP contribution in [0.3, 0.4) is 0 Å². The second-order valence-electron chi connectivity index (χ2n) is 4.51. The Morgan fingerprint density at radius 2 is 1.20 bits per heavy atom. The molecule has 92 valence electrons. The average Bonchev–Trinajstić information content (AvgIpc) is 2.10. The van der Waals surface area contributed by atoms with Crippen LogP contribution in [0.2, 0.25) is 0 Å². The van der Waals surface area contributed by atoms with E-state index in [4.69, 9.17) is 27.9 Å². The fourth-order valence-electron chi connectivity index (χ4n) is 1.53. The molecular formula is C12H24Cl2O. The SMILES string of the molecule is CCCCC(C)(Cl)OC(C)(Cl)CCCC. The van der Waals surface area contributed by atoms with Crippen LogP contribution in [0.25, 0.3) is 0 Å². The fourth-order valence-corrected chi connectivity index (χ4v) is 2.18. The first-order chi connectivity index (χ1) is 6.83. The van der Waals surface area contributed by atoms with Gasteiger partial charge in [-0.25, -0.2) is 0 Å². The quantitative estimate of drug-likeness (QED) is 0.535. The summed E-state index contributed by atoms with van der Waals surface area (Å²) in [5.41, 5.74) is 0. The van der Waals surface area contributed by atoms with Crippen LogP contribution in [0.5, 0.6) is 0 Å². The van der Waals surface area contributed by atoms with Crippen molar-refractivity contribution in [2.24, 2.45) is 0 Å². The third-order valence-corrected chi connectivity index (χ3v) is 2.91. The normalized spacial score (nSPS) is 19.6. The van der Waals surface area contributed by atoms with Gasteiger partial charge in [-0.05, 0) is 39.5 Å². The maximum Gasteiger partial charge on any atom is 0.141 e. The summed E-state index contributed by atoms with van der Waals surface area (Å²) >= 11 is 12.5. The van der Waals surface area contributed by atoms with E-state index in [9.17, 15) is 0 Å². The number of unbranched alkanes of at least 4 members (excludes halogenated alkanes) is 2. The lowest BCUT2D eigenvalue weighted by Crippen LogP contribution is -2.33. The zero-order valence-corrected chi connectivity index (χ0v) is 11.9. The van der Waals surface area contributed by atoms with Gasteiger partial charge in [0.25, 0.3) is 0 Å². The molecule has 0 saturated carbocycles. The zero-order valence-electron chi connectivity index (χ0n) is 10.4. The summed E-state index contributed by atoms with van der Waals surface area (Å²) in [5.74, 6) is 0. The third-order valence-electron chi connectivity index (χ3n) is 2.38.